The second-order valence-corrected chi connectivity index (χ2v) is 7.21. The fourth-order valence-electron chi connectivity index (χ4n) is 3.51. The Kier molecular flexibility index (Phi) is 5.36. The Bertz CT molecular complexity index is 594. The summed E-state index contributed by atoms with van der Waals surface area (Å²) in [5.74, 6) is -1.25. The van der Waals surface area contributed by atoms with E-state index in [0.29, 0.717) is 18.4 Å². The topological polar surface area (TPSA) is 95.6 Å². The molecule has 0 saturated carbocycles. The van der Waals surface area contributed by atoms with Crippen molar-refractivity contribution in [1.29, 1.82) is 0 Å². The van der Waals surface area contributed by atoms with Crippen molar-refractivity contribution in [2.24, 2.45) is 0 Å². The first-order chi connectivity index (χ1) is 12.2. The molecular weight excluding hydrogens is 344 g/mol. The Morgan fingerprint density at radius 1 is 1.19 bits per heavy atom. The molecular formula is C17H26N2O7. The van der Waals surface area contributed by atoms with Crippen molar-refractivity contribution < 1.29 is 33.3 Å². The van der Waals surface area contributed by atoms with Gasteiger partial charge in [-0.3, -0.25) is 14.9 Å². The number of rotatable bonds is 4. The first-order valence-corrected chi connectivity index (χ1v) is 8.67. The van der Waals surface area contributed by atoms with Gasteiger partial charge in [-0.25, -0.2) is 0 Å². The minimum atomic E-state index is -0.787. The highest BCUT2D eigenvalue weighted by atomic mass is 16.8. The molecule has 146 valence electrons. The van der Waals surface area contributed by atoms with Crippen LogP contribution in [0.2, 0.25) is 0 Å². The third kappa shape index (κ3) is 3.91. The van der Waals surface area contributed by atoms with E-state index >= 15 is 0 Å². The molecule has 3 fully saturated rings. The first kappa shape index (κ1) is 19.2. The zero-order valence-corrected chi connectivity index (χ0v) is 15.6. The van der Waals surface area contributed by atoms with Crippen molar-refractivity contribution in [3.8, 4) is 0 Å². The fourth-order valence-corrected chi connectivity index (χ4v) is 3.51. The molecule has 0 spiro atoms. The summed E-state index contributed by atoms with van der Waals surface area (Å²) in [6.07, 6.45) is 0.222. The smallest absolute Gasteiger partial charge is 0.254 e. The normalized spacial score (nSPS) is 38.9. The molecule has 3 saturated heterocycles. The third-order valence-electron chi connectivity index (χ3n) is 4.62. The van der Waals surface area contributed by atoms with Gasteiger partial charge in [0, 0.05) is 25.2 Å². The maximum atomic E-state index is 11.8. The van der Waals surface area contributed by atoms with Gasteiger partial charge < -0.3 is 28.6 Å². The number of hydrogen-bond acceptors (Lipinski definition) is 8. The lowest BCUT2D eigenvalue weighted by atomic mass is 10.1. The number of nitrogens with one attached hydrogen (secondary N) is 1. The molecule has 2 amide bonds. The number of hydrogen-bond donors (Lipinski definition) is 1. The molecule has 3 aliphatic heterocycles. The molecule has 6 atom stereocenters. The van der Waals surface area contributed by atoms with Crippen LogP contribution in [0.3, 0.4) is 0 Å². The molecule has 0 aliphatic carbocycles. The van der Waals surface area contributed by atoms with E-state index in [-0.39, 0.29) is 18.5 Å². The van der Waals surface area contributed by atoms with Crippen molar-refractivity contribution in [3.05, 3.63) is 11.8 Å². The summed E-state index contributed by atoms with van der Waals surface area (Å²) < 4.78 is 29.8. The Morgan fingerprint density at radius 2 is 1.92 bits per heavy atom. The molecule has 0 aromatic rings. The maximum absolute atomic E-state index is 11.8. The van der Waals surface area contributed by atoms with E-state index in [4.69, 9.17) is 23.7 Å². The molecule has 1 N–H and O–H groups in total. The Morgan fingerprint density at radius 3 is 2.62 bits per heavy atom. The number of amides is 2. The summed E-state index contributed by atoms with van der Waals surface area (Å²) >= 11 is 0. The maximum Gasteiger partial charge on any atom is 0.254 e. The van der Waals surface area contributed by atoms with E-state index in [2.05, 4.69) is 5.32 Å². The van der Waals surface area contributed by atoms with E-state index in [9.17, 15) is 9.59 Å². The highest BCUT2D eigenvalue weighted by molar-refractivity contribution is 5.98. The second kappa shape index (κ2) is 7.24. The molecule has 3 aliphatic rings. The van der Waals surface area contributed by atoms with E-state index < -0.39 is 30.3 Å². The van der Waals surface area contributed by atoms with Crippen LogP contribution in [0.15, 0.2) is 11.8 Å². The van der Waals surface area contributed by atoms with Crippen LogP contribution in [-0.2, 0) is 33.3 Å². The van der Waals surface area contributed by atoms with E-state index in [1.54, 1.807) is 25.1 Å². The van der Waals surface area contributed by atoms with Gasteiger partial charge in [-0.2, -0.15) is 0 Å². The van der Waals surface area contributed by atoms with Crippen LogP contribution < -0.4 is 5.32 Å². The van der Waals surface area contributed by atoms with Crippen molar-refractivity contribution in [1.82, 2.24) is 10.2 Å². The lowest BCUT2D eigenvalue weighted by Crippen LogP contribution is -2.40. The van der Waals surface area contributed by atoms with Crippen molar-refractivity contribution >= 4 is 12.3 Å². The quantitative estimate of drug-likeness (QED) is 0.563. The number of imide groups is 1. The number of carbonyl (C=O) groups is 2. The number of carbonyl (C=O) groups excluding carboxylic acids is 2. The number of nitrogens with zero attached hydrogens (tertiary/aromatic N) is 1. The van der Waals surface area contributed by atoms with Crippen LogP contribution in [0.25, 0.3) is 0 Å². The van der Waals surface area contributed by atoms with Gasteiger partial charge >= 0.3 is 0 Å². The Labute approximate surface area is 152 Å². The minimum Gasteiger partial charge on any atom is -0.355 e. The second-order valence-electron chi connectivity index (χ2n) is 7.21. The average molecular weight is 370 g/mol. The molecule has 0 bridgehead atoms. The van der Waals surface area contributed by atoms with Crippen molar-refractivity contribution in [3.63, 3.8) is 0 Å². The average Bonchev–Trinajstić information content (AvgIpc) is 3.01. The zero-order valence-electron chi connectivity index (χ0n) is 15.6. The summed E-state index contributed by atoms with van der Waals surface area (Å²) in [7, 11) is 1.79. The fraction of sp³-hybridized carbons (Fsp3) is 0.765. The highest BCUT2D eigenvalue weighted by Gasteiger charge is 2.55. The molecule has 0 aromatic heterocycles. The van der Waals surface area contributed by atoms with Crippen LogP contribution in [0.1, 0.15) is 34.1 Å². The molecule has 6 unspecified atom stereocenters. The molecule has 0 aromatic carbocycles. The standard InChI is InChI=1S/C17H26N2O7/c1-9(15(21)18-8-20)7-19(5)12-6-11-13(23-10(2)22-11)14-16(24-12)26-17(3,4)25-14/h7-8,10-14,16H,6H2,1-5H3,(H,18,20,21)/b9-7-. The van der Waals surface area contributed by atoms with Gasteiger partial charge in [-0.1, -0.05) is 0 Å². The van der Waals surface area contributed by atoms with Gasteiger partial charge in [0.25, 0.3) is 5.91 Å². The summed E-state index contributed by atoms with van der Waals surface area (Å²) in [4.78, 5) is 24.0. The monoisotopic (exact) mass is 370 g/mol. The van der Waals surface area contributed by atoms with Gasteiger partial charge in [0.15, 0.2) is 18.4 Å². The third-order valence-corrected chi connectivity index (χ3v) is 4.62. The molecule has 9 heteroatoms. The number of fused-ring (bicyclic) bond motifs is 3. The predicted molar refractivity (Wildman–Crippen MR) is 88.2 cm³/mol. The molecule has 3 heterocycles. The van der Waals surface area contributed by atoms with Crippen LogP contribution in [0.5, 0.6) is 0 Å². The van der Waals surface area contributed by atoms with Crippen LogP contribution in [0.4, 0.5) is 0 Å². The molecule has 3 rings (SSSR count). The SMILES string of the molecule is C/C(=C/N(C)C1CC2OC(C)OC2C2OC(C)(C)OC2O1)C(=O)NC=O. The zero-order chi connectivity index (χ0) is 19.1. The van der Waals surface area contributed by atoms with Gasteiger partial charge in [-0.05, 0) is 27.7 Å². The predicted octanol–water partition coefficient (Wildman–Crippen LogP) is 0.449. The molecule has 26 heavy (non-hydrogen) atoms. The summed E-state index contributed by atoms with van der Waals surface area (Å²) in [5, 5.41) is 2.11. The van der Waals surface area contributed by atoms with Gasteiger partial charge in [0.1, 0.15) is 18.4 Å². The minimum absolute atomic E-state index is 0.220. The Balaban J connectivity index is 1.79. The lowest BCUT2D eigenvalue weighted by molar-refractivity contribution is -0.223. The van der Waals surface area contributed by atoms with Gasteiger partial charge in [-0.15, -0.1) is 0 Å². The highest BCUT2D eigenvalue weighted by Crippen LogP contribution is 2.40. The van der Waals surface area contributed by atoms with Crippen LogP contribution in [0, 0.1) is 0 Å². The first-order valence-electron chi connectivity index (χ1n) is 8.67. The largest absolute Gasteiger partial charge is 0.355 e. The van der Waals surface area contributed by atoms with Gasteiger partial charge in [0.05, 0.1) is 6.10 Å². The molecule has 0 radical (unpaired) electrons. The summed E-state index contributed by atoms with van der Waals surface area (Å²) in [6, 6.07) is 0. The lowest BCUT2D eigenvalue weighted by Gasteiger charge is -2.29. The van der Waals surface area contributed by atoms with Gasteiger partial charge in [0.2, 0.25) is 6.41 Å². The van der Waals surface area contributed by atoms with E-state index in [1.807, 2.05) is 20.8 Å². The van der Waals surface area contributed by atoms with Crippen molar-refractivity contribution in [2.75, 3.05) is 7.05 Å². The Hall–Kier alpha value is -1.52. The van der Waals surface area contributed by atoms with Crippen LogP contribution >= 0.6 is 0 Å². The summed E-state index contributed by atoms with van der Waals surface area (Å²) in [5.41, 5.74) is 0.376. The number of ether oxygens (including phenoxy) is 5. The van der Waals surface area contributed by atoms with Crippen LogP contribution in [-0.4, -0.2) is 67.2 Å². The van der Waals surface area contributed by atoms with E-state index in [1.165, 1.54) is 0 Å². The summed E-state index contributed by atoms with van der Waals surface area (Å²) in [6.45, 7) is 7.11. The van der Waals surface area contributed by atoms with Crippen molar-refractivity contribution in [2.45, 2.75) is 77.0 Å². The molecule has 9 nitrogen and oxygen atoms in total. The van der Waals surface area contributed by atoms with E-state index in [0.717, 1.165) is 0 Å².